The number of hydrogen-bond donors (Lipinski definition) is 1. The maximum absolute atomic E-state index is 13.4. The molecule has 0 saturated carbocycles. The van der Waals surface area contributed by atoms with E-state index in [1.807, 2.05) is 47.6 Å². The molecule has 2 amide bonds. The zero-order chi connectivity index (χ0) is 23.1. The zero-order valence-corrected chi connectivity index (χ0v) is 19.4. The Morgan fingerprint density at radius 1 is 1.15 bits per heavy atom. The van der Waals surface area contributed by atoms with E-state index in [4.69, 9.17) is 4.74 Å². The van der Waals surface area contributed by atoms with Crippen molar-refractivity contribution in [3.8, 4) is 0 Å². The third kappa shape index (κ3) is 3.88. The van der Waals surface area contributed by atoms with E-state index in [1.165, 1.54) is 7.11 Å². The van der Waals surface area contributed by atoms with Gasteiger partial charge in [-0.1, -0.05) is 0 Å². The van der Waals surface area contributed by atoms with Crippen molar-refractivity contribution < 1.29 is 19.1 Å². The van der Waals surface area contributed by atoms with Gasteiger partial charge in [0.25, 0.3) is 0 Å². The molecule has 3 heterocycles. The molecular weight excluding hydrogens is 438 g/mol. The van der Waals surface area contributed by atoms with Gasteiger partial charge in [-0.2, -0.15) is 0 Å². The molecule has 8 heteroatoms. The van der Waals surface area contributed by atoms with Gasteiger partial charge in [-0.05, 0) is 48.7 Å². The lowest BCUT2D eigenvalue weighted by Crippen LogP contribution is -2.40. The number of carbonyl (C=O) groups excluding carboxylic acids is 3. The molecule has 1 fully saturated rings. The topological polar surface area (TPSA) is 82.7 Å². The predicted molar refractivity (Wildman–Crippen MR) is 127 cm³/mol. The molecule has 7 nitrogen and oxygen atoms in total. The van der Waals surface area contributed by atoms with Crippen LogP contribution in [0.2, 0.25) is 0 Å². The standard InChI is InChI=1S/C25H25N3O4S/c1-32-25(31)15-3-8-21-19(11-15)20-14-27(10-9-22(20)26-21)24(30)16-12-23(29)28(13-16)17-4-6-18(33-2)7-5-17/h3-8,11,16,26H,9-10,12-14H2,1-2H3. The van der Waals surface area contributed by atoms with Crippen LogP contribution in [-0.2, 0) is 27.3 Å². The number of carbonyl (C=O) groups is 3. The number of aromatic amines is 1. The molecule has 33 heavy (non-hydrogen) atoms. The SMILES string of the molecule is COC(=O)c1ccc2[nH]c3c(c2c1)CN(C(=O)C1CC(=O)N(c2ccc(SC)cc2)C1)CC3. The predicted octanol–water partition coefficient (Wildman–Crippen LogP) is 3.61. The molecule has 3 aromatic rings. The van der Waals surface area contributed by atoms with Crippen LogP contribution < -0.4 is 4.90 Å². The number of nitrogens with one attached hydrogen (secondary N) is 1. The Kier molecular flexibility index (Phi) is 5.62. The summed E-state index contributed by atoms with van der Waals surface area (Å²) in [6.07, 6.45) is 2.95. The van der Waals surface area contributed by atoms with Gasteiger partial charge in [0.1, 0.15) is 0 Å². The summed E-state index contributed by atoms with van der Waals surface area (Å²) in [5, 5.41) is 0.934. The van der Waals surface area contributed by atoms with Gasteiger partial charge in [0.15, 0.2) is 0 Å². The molecule has 170 valence electrons. The fourth-order valence-corrected chi connectivity index (χ4v) is 5.20. The molecule has 2 aromatic carbocycles. The van der Waals surface area contributed by atoms with Gasteiger partial charge in [0.05, 0.1) is 18.6 Å². The maximum Gasteiger partial charge on any atom is 0.337 e. The largest absolute Gasteiger partial charge is 0.465 e. The number of thioether (sulfide) groups is 1. The summed E-state index contributed by atoms with van der Waals surface area (Å²) < 4.78 is 4.85. The minimum atomic E-state index is -0.384. The first kappa shape index (κ1) is 21.6. The van der Waals surface area contributed by atoms with Crippen molar-refractivity contribution in [1.82, 2.24) is 9.88 Å². The van der Waals surface area contributed by atoms with E-state index < -0.39 is 0 Å². The van der Waals surface area contributed by atoms with Crippen molar-refractivity contribution in [3.05, 3.63) is 59.3 Å². The van der Waals surface area contributed by atoms with Gasteiger partial charge in [-0.25, -0.2) is 4.79 Å². The van der Waals surface area contributed by atoms with Crippen LogP contribution in [0.25, 0.3) is 10.9 Å². The molecule has 2 aliphatic heterocycles. The Morgan fingerprint density at radius 2 is 1.94 bits per heavy atom. The normalized spacial score (nSPS) is 18.0. The summed E-state index contributed by atoms with van der Waals surface area (Å²) in [4.78, 5) is 46.2. The highest BCUT2D eigenvalue weighted by Crippen LogP contribution is 2.32. The number of fused-ring (bicyclic) bond motifs is 3. The number of H-pyrrole nitrogens is 1. The second kappa shape index (κ2) is 8.59. The second-order valence-electron chi connectivity index (χ2n) is 8.45. The summed E-state index contributed by atoms with van der Waals surface area (Å²) in [7, 11) is 1.36. The van der Waals surface area contributed by atoms with Crippen LogP contribution in [0.1, 0.15) is 28.0 Å². The highest BCUT2D eigenvalue weighted by Gasteiger charge is 2.38. The molecule has 1 saturated heterocycles. The first-order valence-corrected chi connectivity index (χ1v) is 12.2. The summed E-state index contributed by atoms with van der Waals surface area (Å²) >= 11 is 1.65. The highest BCUT2D eigenvalue weighted by atomic mass is 32.2. The number of esters is 1. The van der Waals surface area contributed by atoms with Crippen LogP contribution in [0.5, 0.6) is 0 Å². The number of anilines is 1. The number of rotatable bonds is 4. The fraction of sp³-hybridized carbons (Fsp3) is 0.320. The molecule has 1 aromatic heterocycles. The van der Waals surface area contributed by atoms with Gasteiger partial charge in [0.2, 0.25) is 11.8 Å². The fourth-order valence-electron chi connectivity index (χ4n) is 4.79. The minimum Gasteiger partial charge on any atom is -0.465 e. The van der Waals surface area contributed by atoms with Crippen molar-refractivity contribution in [2.24, 2.45) is 5.92 Å². The number of benzene rings is 2. The smallest absolute Gasteiger partial charge is 0.337 e. The average molecular weight is 464 g/mol. The molecule has 1 N–H and O–H groups in total. The third-order valence-corrected chi connectivity index (χ3v) is 7.31. The van der Waals surface area contributed by atoms with E-state index in [1.54, 1.807) is 22.7 Å². The summed E-state index contributed by atoms with van der Waals surface area (Å²) in [5.74, 6) is -0.741. The van der Waals surface area contributed by atoms with Gasteiger partial charge < -0.3 is 19.5 Å². The summed E-state index contributed by atoms with van der Waals surface area (Å²) in [6.45, 7) is 1.47. The van der Waals surface area contributed by atoms with Gasteiger partial charge >= 0.3 is 5.97 Å². The van der Waals surface area contributed by atoms with Gasteiger partial charge in [0, 0.05) is 65.2 Å². The number of ether oxygens (including phenoxy) is 1. The number of methoxy groups -OCH3 is 1. The van der Waals surface area contributed by atoms with Crippen molar-refractivity contribution in [2.45, 2.75) is 24.3 Å². The zero-order valence-electron chi connectivity index (χ0n) is 18.6. The number of aromatic nitrogens is 1. The van der Waals surface area contributed by atoms with E-state index in [2.05, 4.69) is 4.98 Å². The molecule has 0 radical (unpaired) electrons. The van der Waals surface area contributed by atoms with Crippen LogP contribution in [0, 0.1) is 5.92 Å². The molecular formula is C25H25N3O4S. The Labute approximate surface area is 196 Å². The van der Waals surface area contributed by atoms with Crippen molar-refractivity contribution in [1.29, 1.82) is 0 Å². The quantitative estimate of drug-likeness (QED) is 0.472. The van der Waals surface area contributed by atoms with Crippen molar-refractivity contribution in [2.75, 3.05) is 31.4 Å². The Bertz CT molecular complexity index is 1250. The number of amides is 2. The van der Waals surface area contributed by atoms with Gasteiger partial charge in [-0.3, -0.25) is 9.59 Å². The Hall–Kier alpha value is -3.26. The van der Waals surface area contributed by atoms with E-state index in [-0.39, 0.29) is 30.1 Å². The lowest BCUT2D eigenvalue weighted by Gasteiger charge is -2.29. The third-order valence-electron chi connectivity index (χ3n) is 6.57. The van der Waals surface area contributed by atoms with Crippen LogP contribution in [-0.4, -0.2) is 54.1 Å². The molecule has 1 atom stereocenters. The Morgan fingerprint density at radius 3 is 2.67 bits per heavy atom. The van der Waals surface area contributed by atoms with E-state index in [0.717, 1.165) is 32.7 Å². The highest BCUT2D eigenvalue weighted by molar-refractivity contribution is 7.98. The Balaban J connectivity index is 1.34. The second-order valence-corrected chi connectivity index (χ2v) is 9.33. The molecule has 1 unspecified atom stereocenters. The van der Waals surface area contributed by atoms with Crippen LogP contribution in [0.4, 0.5) is 5.69 Å². The minimum absolute atomic E-state index is 0.00991. The summed E-state index contributed by atoms with van der Waals surface area (Å²) in [5.41, 5.74) is 4.39. The van der Waals surface area contributed by atoms with E-state index in [0.29, 0.717) is 31.6 Å². The monoisotopic (exact) mass is 463 g/mol. The number of hydrogen-bond acceptors (Lipinski definition) is 5. The molecule has 0 aliphatic carbocycles. The van der Waals surface area contributed by atoms with E-state index in [9.17, 15) is 14.4 Å². The molecule has 5 rings (SSSR count). The van der Waals surface area contributed by atoms with Crippen molar-refractivity contribution >= 4 is 46.1 Å². The first-order chi connectivity index (χ1) is 16.0. The van der Waals surface area contributed by atoms with E-state index >= 15 is 0 Å². The van der Waals surface area contributed by atoms with Crippen molar-refractivity contribution in [3.63, 3.8) is 0 Å². The lowest BCUT2D eigenvalue weighted by molar-refractivity contribution is -0.136. The maximum atomic E-state index is 13.4. The number of nitrogens with zero attached hydrogens (tertiary/aromatic N) is 2. The first-order valence-electron chi connectivity index (χ1n) is 10.9. The van der Waals surface area contributed by atoms with Crippen LogP contribution in [0.15, 0.2) is 47.4 Å². The molecule has 0 bridgehead atoms. The molecule has 0 spiro atoms. The van der Waals surface area contributed by atoms with Crippen LogP contribution in [0.3, 0.4) is 0 Å². The lowest BCUT2D eigenvalue weighted by atomic mass is 10.0. The summed E-state index contributed by atoms with van der Waals surface area (Å²) in [6, 6.07) is 13.3. The van der Waals surface area contributed by atoms with Gasteiger partial charge in [-0.15, -0.1) is 11.8 Å². The van der Waals surface area contributed by atoms with Crippen LogP contribution >= 0.6 is 11.8 Å². The average Bonchev–Trinajstić information content (AvgIpc) is 3.42. The molecule has 2 aliphatic rings.